The number of allylic oxidation sites excluding steroid dienone is 1. The molecule has 0 bridgehead atoms. The first-order chi connectivity index (χ1) is 13.9. The molecule has 0 saturated carbocycles. The number of anilines is 1. The maximum Gasteiger partial charge on any atom is 0.0867 e. The van der Waals surface area contributed by atoms with Gasteiger partial charge >= 0.3 is 0 Å². The highest BCUT2D eigenvalue weighted by Crippen LogP contribution is 2.29. The second-order valence-corrected chi connectivity index (χ2v) is 6.37. The van der Waals surface area contributed by atoms with Gasteiger partial charge in [-0.15, -0.1) is 13.2 Å². The fraction of sp³-hybridized carbons (Fsp3) is 0.577. The molecule has 0 aliphatic rings. The van der Waals surface area contributed by atoms with Gasteiger partial charge in [-0.3, -0.25) is 4.99 Å². The van der Waals surface area contributed by atoms with Gasteiger partial charge in [0.2, 0.25) is 0 Å². The van der Waals surface area contributed by atoms with E-state index < -0.39 is 0 Å². The molecular formula is C26H49N3. The average Bonchev–Trinajstić information content (AvgIpc) is 2.75. The van der Waals surface area contributed by atoms with E-state index in [1.54, 1.807) is 0 Å². The molecule has 3 nitrogen and oxygen atoms in total. The molecule has 0 radical (unpaired) electrons. The summed E-state index contributed by atoms with van der Waals surface area (Å²) in [4.78, 5) is 4.79. The van der Waals surface area contributed by atoms with Gasteiger partial charge in [0, 0.05) is 18.3 Å². The van der Waals surface area contributed by atoms with E-state index in [2.05, 4.69) is 64.9 Å². The van der Waals surface area contributed by atoms with Crippen LogP contribution in [0, 0.1) is 13.8 Å². The quantitative estimate of drug-likeness (QED) is 0.323. The molecule has 0 heterocycles. The Morgan fingerprint density at radius 2 is 1.55 bits per heavy atom. The highest BCUT2D eigenvalue weighted by Gasteiger charge is 2.07. The molecule has 1 rings (SSSR count). The summed E-state index contributed by atoms with van der Waals surface area (Å²) < 4.78 is 0. The van der Waals surface area contributed by atoms with Crippen molar-refractivity contribution < 1.29 is 0 Å². The van der Waals surface area contributed by atoms with Crippen LogP contribution in [0.5, 0.6) is 0 Å². The monoisotopic (exact) mass is 403 g/mol. The van der Waals surface area contributed by atoms with Crippen LogP contribution in [0.15, 0.2) is 42.4 Å². The topological polar surface area (TPSA) is 50.4 Å². The molecule has 1 atom stereocenters. The molecule has 0 amide bonds. The maximum absolute atomic E-state index is 6.10. The van der Waals surface area contributed by atoms with Gasteiger partial charge in [-0.25, -0.2) is 0 Å². The van der Waals surface area contributed by atoms with Gasteiger partial charge in [0.1, 0.15) is 0 Å². The number of hydrogen-bond acceptors (Lipinski definition) is 3. The number of nitrogens with one attached hydrogen (secondary N) is 1. The predicted octanol–water partition coefficient (Wildman–Crippen LogP) is 8.15. The number of nitrogens with two attached hydrogens (primary N) is 1. The third kappa shape index (κ3) is 13.9. The molecule has 0 aliphatic heterocycles. The smallest absolute Gasteiger partial charge is 0.0867 e. The van der Waals surface area contributed by atoms with E-state index in [9.17, 15) is 0 Å². The molecule has 0 fully saturated rings. The molecule has 3 heteroatoms. The summed E-state index contributed by atoms with van der Waals surface area (Å²) in [7, 11) is 0. The van der Waals surface area contributed by atoms with E-state index in [0.29, 0.717) is 0 Å². The van der Waals surface area contributed by atoms with Gasteiger partial charge in [-0.1, -0.05) is 54.5 Å². The summed E-state index contributed by atoms with van der Waals surface area (Å²) in [6, 6.07) is 4.60. The van der Waals surface area contributed by atoms with Crippen LogP contribution in [0.2, 0.25) is 0 Å². The van der Waals surface area contributed by atoms with Gasteiger partial charge in [-0.2, -0.15) is 0 Å². The summed E-state index contributed by atoms with van der Waals surface area (Å²) >= 11 is 0. The Labute approximate surface area is 182 Å². The third-order valence-corrected chi connectivity index (χ3v) is 4.33. The van der Waals surface area contributed by atoms with Crippen molar-refractivity contribution >= 4 is 17.1 Å². The average molecular weight is 404 g/mol. The summed E-state index contributed by atoms with van der Waals surface area (Å²) in [6.45, 7) is 29.5. The molecule has 3 N–H and O–H groups in total. The van der Waals surface area contributed by atoms with Gasteiger partial charge < -0.3 is 11.1 Å². The first kappa shape index (κ1) is 31.8. The molecule has 1 aromatic rings. The second-order valence-electron chi connectivity index (χ2n) is 6.37. The summed E-state index contributed by atoms with van der Waals surface area (Å²) in [5.74, 6) is 0. The maximum atomic E-state index is 6.10. The molecule has 168 valence electrons. The number of nitrogens with zero attached hydrogens (tertiary/aromatic N) is 1. The summed E-state index contributed by atoms with van der Waals surface area (Å²) in [5.41, 5.74) is 12.8. The lowest BCUT2D eigenvalue weighted by Crippen LogP contribution is -2.23. The van der Waals surface area contributed by atoms with E-state index >= 15 is 0 Å². The van der Waals surface area contributed by atoms with Gasteiger partial charge in [0.15, 0.2) is 0 Å². The second kappa shape index (κ2) is 20.9. The van der Waals surface area contributed by atoms with Crippen molar-refractivity contribution in [3.8, 4) is 0 Å². The Hall–Kier alpha value is -1.87. The molecular weight excluding hydrogens is 354 g/mol. The zero-order valence-corrected chi connectivity index (χ0v) is 20.9. The fourth-order valence-electron chi connectivity index (χ4n) is 2.46. The van der Waals surface area contributed by atoms with E-state index in [4.69, 9.17) is 10.7 Å². The number of aryl methyl sites for hydroxylation is 2. The zero-order chi connectivity index (χ0) is 23.4. The third-order valence-electron chi connectivity index (χ3n) is 4.33. The fourth-order valence-corrected chi connectivity index (χ4v) is 2.46. The number of aliphatic imine (C=N–C) groups is 1. The van der Waals surface area contributed by atoms with Crippen molar-refractivity contribution in [1.82, 2.24) is 0 Å². The van der Waals surface area contributed by atoms with Crippen molar-refractivity contribution in [2.45, 2.75) is 94.0 Å². The molecule has 0 aromatic heterocycles. The van der Waals surface area contributed by atoms with Crippen LogP contribution in [0.4, 0.5) is 11.4 Å². The van der Waals surface area contributed by atoms with E-state index in [0.717, 1.165) is 54.9 Å². The van der Waals surface area contributed by atoms with Crippen molar-refractivity contribution in [3.05, 3.63) is 48.6 Å². The molecule has 0 aliphatic carbocycles. The van der Waals surface area contributed by atoms with Crippen LogP contribution in [-0.2, 0) is 0 Å². The lowest BCUT2D eigenvalue weighted by Gasteiger charge is -2.15. The van der Waals surface area contributed by atoms with E-state index in [1.165, 1.54) is 11.1 Å². The number of rotatable bonds is 9. The standard InChI is InChI=1S/C20H33N3.2C2H6.C2H4/c1-7-9-18(21)10-11-22-19-12-15(4)16(5)13-20(19)23-17(6)14(3)8-2;3*1-2/h12-13,18,22H,3,7-11,21H2,1-2,4-6H3;2*1-2H3;1-2H2. The van der Waals surface area contributed by atoms with Crippen LogP contribution in [0.1, 0.15) is 85.3 Å². The molecule has 1 unspecified atom stereocenters. The lowest BCUT2D eigenvalue weighted by atomic mass is 10.1. The van der Waals surface area contributed by atoms with Gasteiger partial charge in [-0.05, 0) is 68.9 Å². The molecule has 29 heavy (non-hydrogen) atoms. The summed E-state index contributed by atoms with van der Waals surface area (Å²) in [6.07, 6.45) is 4.12. The Kier molecular flexibility index (Phi) is 22.9. The largest absolute Gasteiger partial charge is 0.383 e. The van der Waals surface area contributed by atoms with E-state index in [1.807, 2.05) is 34.6 Å². The van der Waals surface area contributed by atoms with Crippen molar-refractivity contribution in [1.29, 1.82) is 0 Å². The number of hydrogen-bond donors (Lipinski definition) is 2. The van der Waals surface area contributed by atoms with Crippen LogP contribution in [0.3, 0.4) is 0 Å². The van der Waals surface area contributed by atoms with Crippen LogP contribution < -0.4 is 11.1 Å². The minimum atomic E-state index is 0.271. The lowest BCUT2D eigenvalue weighted by molar-refractivity contribution is 0.575. The minimum Gasteiger partial charge on any atom is -0.383 e. The van der Waals surface area contributed by atoms with Crippen LogP contribution >= 0.6 is 0 Å². The van der Waals surface area contributed by atoms with Gasteiger partial charge in [0.05, 0.1) is 11.4 Å². The first-order valence-corrected chi connectivity index (χ1v) is 11.2. The Balaban J connectivity index is -0.00000103. The highest BCUT2D eigenvalue weighted by molar-refractivity contribution is 6.00. The number of benzene rings is 1. The molecule has 0 spiro atoms. The Bertz CT molecular complexity index is 574. The Morgan fingerprint density at radius 1 is 1.03 bits per heavy atom. The Morgan fingerprint density at radius 3 is 2.03 bits per heavy atom. The van der Waals surface area contributed by atoms with Crippen LogP contribution in [-0.4, -0.2) is 18.3 Å². The van der Waals surface area contributed by atoms with Crippen molar-refractivity contribution in [3.63, 3.8) is 0 Å². The SMILES string of the molecule is C=C.C=C(CC)C(C)=Nc1cc(C)c(C)cc1NCCC(N)CCC.CC.CC. The normalized spacial score (nSPS) is 10.9. The first-order valence-electron chi connectivity index (χ1n) is 11.2. The molecule has 0 saturated heterocycles. The van der Waals surface area contributed by atoms with Crippen molar-refractivity contribution in [2.24, 2.45) is 10.7 Å². The molecule has 1 aromatic carbocycles. The zero-order valence-electron chi connectivity index (χ0n) is 20.9. The van der Waals surface area contributed by atoms with Gasteiger partial charge in [0.25, 0.3) is 0 Å². The van der Waals surface area contributed by atoms with E-state index in [-0.39, 0.29) is 6.04 Å². The van der Waals surface area contributed by atoms with Crippen molar-refractivity contribution in [2.75, 3.05) is 11.9 Å². The minimum absolute atomic E-state index is 0.271. The van der Waals surface area contributed by atoms with Crippen LogP contribution in [0.25, 0.3) is 0 Å². The predicted molar refractivity (Wildman–Crippen MR) is 138 cm³/mol. The highest BCUT2D eigenvalue weighted by atomic mass is 14.9. The summed E-state index contributed by atoms with van der Waals surface area (Å²) in [5, 5.41) is 3.52.